The minimum Gasteiger partial charge on any atom is -0.491 e. The van der Waals surface area contributed by atoms with E-state index in [0.717, 1.165) is 39.0 Å². The lowest BCUT2D eigenvalue weighted by molar-refractivity contribution is 0.298. The number of benzene rings is 2. The molecule has 7 heteroatoms. The molecule has 1 aliphatic heterocycles. The van der Waals surface area contributed by atoms with Crippen molar-refractivity contribution in [2.75, 3.05) is 6.61 Å². The second-order valence-electron chi connectivity index (χ2n) is 7.90. The van der Waals surface area contributed by atoms with Gasteiger partial charge in [0.1, 0.15) is 24.0 Å². The summed E-state index contributed by atoms with van der Waals surface area (Å²) in [5.41, 5.74) is 11.4. The molecule has 3 heterocycles. The number of hydrogen-bond donors (Lipinski definition) is 2. The SMILES string of the molecule is Cc1ccccc1OCCn1cc(C2C(C#N)=C(N)Oc3n[nH]c(C)c32)c2ccccc21. The number of nitriles is 1. The van der Waals surface area contributed by atoms with Crippen LogP contribution in [0.4, 0.5) is 0 Å². The van der Waals surface area contributed by atoms with Crippen LogP contribution in [0.2, 0.25) is 0 Å². The summed E-state index contributed by atoms with van der Waals surface area (Å²) in [6.45, 7) is 5.15. The van der Waals surface area contributed by atoms with Crippen molar-refractivity contribution in [3.63, 3.8) is 0 Å². The second-order valence-corrected chi connectivity index (χ2v) is 7.90. The van der Waals surface area contributed by atoms with Crippen LogP contribution in [0.5, 0.6) is 11.6 Å². The fourth-order valence-electron chi connectivity index (χ4n) is 4.37. The first kappa shape index (κ1) is 19.8. The van der Waals surface area contributed by atoms with Crippen molar-refractivity contribution in [1.29, 1.82) is 5.26 Å². The predicted molar refractivity (Wildman–Crippen MR) is 121 cm³/mol. The van der Waals surface area contributed by atoms with Crippen LogP contribution in [-0.4, -0.2) is 21.4 Å². The minimum atomic E-state index is -0.356. The Balaban J connectivity index is 1.55. The number of ether oxygens (including phenoxy) is 2. The van der Waals surface area contributed by atoms with Crippen LogP contribution in [0.15, 0.2) is 66.2 Å². The lowest BCUT2D eigenvalue weighted by atomic mass is 9.84. The number of H-pyrrole nitrogens is 1. The molecule has 7 nitrogen and oxygen atoms in total. The summed E-state index contributed by atoms with van der Waals surface area (Å²) in [5.74, 6) is 1.04. The smallest absolute Gasteiger partial charge is 0.244 e. The van der Waals surface area contributed by atoms with E-state index >= 15 is 0 Å². The third kappa shape index (κ3) is 3.17. The third-order valence-corrected chi connectivity index (χ3v) is 5.94. The average Bonchev–Trinajstić information content (AvgIpc) is 3.35. The number of aromatic amines is 1. The molecule has 0 bridgehead atoms. The molecule has 5 rings (SSSR count). The maximum atomic E-state index is 9.89. The number of allylic oxidation sites excluding steroid dienone is 1. The summed E-state index contributed by atoms with van der Waals surface area (Å²) < 4.78 is 13.8. The quantitative estimate of drug-likeness (QED) is 0.497. The number of nitrogens with zero attached hydrogens (tertiary/aromatic N) is 3. The number of nitrogens with two attached hydrogens (primary N) is 1. The number of para-hydroxylation sites is 2. The molecule has 3 N–H and O–H groups in total. The number of aryl methyl sites for hydroxylation is 2. The Morgan fingerprint density at radius 2 is 1.97 bits per heavy atom. The number of rotatable bonds is 5. The van der Waals surface area contributed by atoms with Gasteiger partial charge in [-0.25, -0.2) is 0 Å². The van der Waals surface area contributed by atoms with Crippen LogP contribution in [0.3, 0.4) is 0 Å². The number of fused-ring (bicyclic) bond motifs is 2. The maximum absolute atomic E-state index is 9.89. The van der Waals surface area contributed by atoms with Crippen molar-refractivity contribution in [2.45, 2.75) is 26.3 Å². The van der Waals surface area contributed by atoms with E-state index in [9.17, 15) is 5.26 Å². The van der Waals surface area contributed by atoms with Crippen molar-refractivity contribution in [1.82, 2.24) is 14.8 Å². The van der Waals surface area contributed by atoms with Crippen molar-refractivity contribution in [2.24, 2.45) is 5.73 Å². The van der Waals surface area contributed by atoms with E-state index in [-0.39, 0.29) is 11.8 Å². The molecule has 0 saturated heterocycles. The third-order valence-electron chi connectivity index (χ3n) is 5.94. The van der Waals surface area contributed by atoms with Gasteiger partial charge in [0.05, 0.1) is 12.5 Å². The molecule has 1 aliphatic rings. The van der Waals surface area contributed by atoms with Gasteiger partial charge >= 0.3 is 0 Å². The average molecular weight is 425 g/mol. The van der Waals surface area contributed by atoms with Crippen molar-refractivity contribution in [3.8, 4) is 17.7 Å². The fraction of sp³-hybridized carbons (Fsp3) is 0.200. The van der Waals surface area contributed by atoms with Gasteiger partial charge in [-0.1, -0.05) is 36.4 Å². The highest BCUT2D eigenvalue weighted by Crippen LogP contribution is 2.45. The summed E-state index contributed by atoms with van der Waals surface area (Å²) in [7, 11) is 0. The lowest BCUT2D eigenvalue weighted by Crippen LogP contribution is -2.21. The summed E-state index contributed by atoms with van der Waals surface area (Å²) in [6.07, 6.45) is 2.09. The highest BCUT2D eigenvalue weighted by Gasteiger charge is 2.35. The molecule has 160 valence electrons. The van der Waals surface area contributed by atoms with Crippen molar-refractivity contribution in [3.05, 3.63) is 88.6 Å². The Morgan fingerprint density at radius 1 is 1.19 bits per heavy atom. The molecule has 0 fully saturated rings. The Labute approximate surface area is 185 Å². The number of hydrogen-bond acceptors (Lipinski definition) is 5. The summed E-state index contributed by atoms with van der Waals surface area (Å²) in [4.78, 5) is 0. The van der Waals surface area contributed by atoms with Crippen LogP contribution in [0.1, 0.15) is 28.3 Å². The summed E-state index contributed by atoms with van der Waals surface area (Å²) >= 11 is 0. The van der Waals surface area contributed by atoms with Crippen LogP contribution >= 0.6 is 0 Å². The number of nitrogens with one attached hydrogen (secondary N) is 1. The van der Waals surface area contributed by atoms with Gasteiger partial charge < -0.3 is 19.8 Å². The zero-order valence-electron chi connectivity index (χ0n) is 17.9. The predicted octanol–water partition coefficient (Wildman–Crippen LogP) is 4.28. The van der Waals surface area contributed by atoms with Gasteiger partial charge in [-0.3, -0.25) is 5.10 Å². The largest absolute Gasteiger partial charge is 0.491 e. The molecule has 1 atom stereocenters. The highest BCUT2D eigenvalue weighted by atomic mass is 16.5. The zero-order chi connectivity index (χ0) is 22.2. The van der Waals surface area contributed by atoms with E-state index in [0.29, 0.717) is 24.6 Å². The summed E-state index contributed by atoms with van der Waals surface area (Å²) in [6, 6.07) is 18.4. The molecular formula is C25H23N5O2. The topological polar surface area (TPSA) is 102 Å². The monoisotopic (exact) mass is 425 g/mol. The molecule has 0 saturated carbocycles. The van der Waals surface area contributed by atoms with Gasteiger partial charge in [-0.2, -0.15) is 5.26 Å². The molecule has 2 aromatic carbocycles. The minimum absolute atomic E-state index is 0.0937. The molecule has 2 aromatic heterocycles. The van der Waals surface area contributed by atoms with Crippen molar-refractivity contribution >= 4 is 10.9 Å². The molecular weight excluding hydrogens is 402 g/mol. The Bertz CT molecular complexity index is 1390. The number of aromatic nitrogens is 3. The van der Waals surface area contributed by atoms with E-state index in [4.69, 9.17) is 15.2 Å². The van der Waals surface area contributed by atoms with Gasteiger partial charge in [-0.05, 0) is 37.1 Å². The molecule has 0 spiro atoms. The molecule has 0 radical (unpaired) electrons. The molecule has 0 amide bonds. The van der Waals surface area contributed by atoms with Gasteiger partial charge in [0, 0.05) is 28.4 Å². The second kappa shape index (κ2) is 7.82. The van der Waals surface area contributed by atoms with Crippen molar-refractivity contribution < 1.29 is 9.47 Å². The van der Waals surface area contributed by atoms with Gasteiger partial charge in [0.15, 0.2) is 0 Å². The first-order valence-electron chi connectivity index (χ1n) is 10.5. The normalized spacial score (nSPS) is 15.3. The highest BCUT2D eigenvalue weighted by molar-refractivity contribution is 5.86. The molecule has 0 aliphatic carbocycles. The Morgan fingerprint density at radius 3 is 2.78 bits per heavy atom. The van der Waals surface area contributed by atoms with E-state index < -0.39 is 0 Å². The van der Waals surface area contributed by atoms with E-state index in [1.165, 1.54) is 0 Å². The van der Waals surface area contributed by atoms with E-state index in [2.05, 4.69) is 39.2 Å². The van der Waals surface area contributed by atoms with Gasteiger partial charge in [0.2, 0.25) is 11.8 Å². The van der Waals surface area contributed by atoms with Crippen LogP contribution in [0.25, 0.3) is 10.9 Å². The van der Waals surface area contributed by atoms with Crippen LogP contribution < -0.4 is 15.2 Å². The zero-order valence-corrected chi connectivity index (χ0v) is 17.9. The fourth-order valence-corrected chi connectivity index (χ4v) is 4.37. The Hall–Kier alpha value is -4.18. The standard InChI is InChI=1S/C25H23N5O2/c1-15-7-3-6-10-21(15)31-12-11-30-14-19(17-8-4-5-9-20(17)30)23-18(13-26)24(27)32-25-22(23)16(2)28-29-25/h3-10,14,23H,11-12,27H2,1-2H3,(H,28,29). The summed E-state index contributed by atoms with van der Waals surface area (Å²) in [5, 5.41) is 18.1. The molecule has 4 aromatic rings. The van der Waals surface area contributed by atoms with Gasteiger partial charge in [-0.15, -0.1) is 5.10 Å². The van der Waals surface area contributed by atoms with Crippen LogP contribution in [-0.2, 0) is 6.54 Å². The first-order chi connectivity index (χ1) is 15.6. The van der Waals surface area contributed by atoms with Crippen LogP contribution in [0, 0.1) is 25.2 Å². The first-order valence-corrected chi connectivity index (χ1v) is 10.5. The van der Waals surface area contributed by atoms with Gasteiger partial charge in [0.25, 0.3) is 0 Å². The maximum Gasteiger partial charge on any atom is 0.244 e. The molecule has 1 unspecified atom stereocenters. The Kier molecular flexibility index (Phi) is 4.83. The van der Waals surface area contributed by atoms with E-state index in [1.54, 1.807) is 0 Å². The lowest BCUT2D eigenvalue weighted by Gasteiger charge is -2.23. The van der Waals surface area contributed by atoms with E-state index in [1.807, 2.05) is 50.2 Å². The molecule has 32 heavy (non-hydrogen) atoms.